The van der Waals surface area contributed by atoms with Gasteiger partial charge in [-0.25, -0.2) is 0 Å². The van der Waals surface area contributed by atoms with Crippen molar-refractivity contribution < 1.29 is 19.8 Å². The Balaban J connectivity index is 1.79. The van der Waals surface area contributed by atoms with Crippen LogP contribution >= 0.6 is 0 Å². The van der Waals surface area contributed by atoms with Gasteiger partial charge in [-0.2, -0.15) is 0 Å². The molecule has 23 heavy (non-hydrogen) atoms. The maximum absolute atomic E-state index is 12.2. The molecule has 0 aromatic heterocycles. The van der Waals surface area contributed by atoms with E-state index in [-0.39, 0.29) is 31.1 Å². The van der Waals surface area contributed by atoms with Gasteiger partial charge in [0, 0.05) is 25.2 Å². The Morgan fingerprint density at radius 1 is 1.26 bits per heavy atom. The molecule has 0 unspecified atom stereocenters. The van der Waals surface area contributed by atoms with Crippen LogP contribution in [0.15, 0.2) is 0 Å². The number of amides is 1. The van der Waals surface area contributed by atoms with Gasteiger partial charge in [-0.1, -0.05) is 19.8 Å². The largest absolute Gasteiger partial charge is 0.480 e. The quantitative estimate of drug-likeness (QED) is 0.623. The minimum absolute atomic E-state index is 0.00233. The Morgan fingerprint density at radius 2 is 1.96 bits per heavy atom. The van der Waals surface area contributed by atoms with Crippen LogP contribution in [-0.4, -0.2) is 83.3 Å². The van der Waals surface area contributed by atoms with E-state index in [4.69, 9.17) is 5.11 Å². The molecule has 0 bridgehead atoms. The molecule has 2 aliphatic rings. The van der Waals surface area contributed by atoms with E-state index in [2.05, 4.69) is 12.2 Å². The first-order chi connectivity index (χ1) is 10.9. The van der Waals surface area contributed by atoms with Crippen LogP contribution in [0, 0.1) is 5.92 Å². The first kappa shape index (κ1) is 18.2. The lowest BCUT2D eigenvalue weighted by Crippen LogP contribution is -2.46. The van der Waals surface area contributed by atoms with Crippen LogP contribution in [0.5, 0.6) is 0 Å². The standard InChI is InChI=1S/C16H29N3O4/c1-11-5-3-4-6-12(11)17-15(21)9-19-7-13(14(20)8-19)18(2)10-16(22)23/h11-14,20H,3-10H2,1-2H3,(H,17,21)(H,22,23)/t11-,12-,13+,14-/m1/s1. The Hall–Kier alpha value is -1.18. The number of carboxylic acids is 1. The molecular formula is C16H29N3O4. The van der Waals surface area contributed by atoms with Gasteiger partial charge in [0.15, 0.2) is 0 Å². The second-order valence-corrected chi connectivity index (χ2v) is 7.07. The fourth-order valence-electron chi connectivity index (χ4n) is 3.73. The van der Waals surface area contributed by atoms with Crippen molar-refractivity contribution >= 4 is 11.9 Å². The molecule has 0 spiro atoms. The van der Waals surface area contributed by atoms with E-state index in [1.165, 1.54) is 12.8 Å². The van der Waals surface area contributed by atoms with Crippen molar-refractivity contribution in [2.45, 2.75) is 50.8 Å². The number of likely N-dealkylation sites (N-methyl/N-ethyl adjacent to an activating group) is 1. The topological polar surface area (TPSA) is 93.1 Å². The summed E-state index contributed by atoms with van der Waals surface area (Å²) in [6, 6.07) is 0.0155. The summed E-state index contributed by atoms with van der Waals surface area (Å²) in [5.41, 5.74) is 0. The summed E-state index contributed by atoms with van der Waals surface area (Å²) in [5, 5.41) is 22.1. The van der Waals surface area contributed by atoms with Gasteiger partial charge in [-0.05, 0) is 25.8 Å². The van der Waals surface area contributed by atoms with Crippen LogP contribution in [0.2, 0.25) is 0 Å². The number of hydrogen-bond donors (Lipinski definition) is 3. The molecule has 3 N–H and O–H groups in total. The Labute approximate surface area is 137 Å². The molecule has 7 heteroatoms. The van der Waals surface area contributed by atoms with Crippen molar-refractivity contribution in [1.82, 2.24) is 15.1 Å². The van der Waals surface area contributed by atoms with E-state index in [9.17, 15) is 14.7 Å². The van der Waals surface area contributed by atoms with Crippen molar-refractivity contribution in [2.75, 3.05) is 33.2 Å². The SMILES string of the molecule is C[C@@H]1CCCC[C@H]1NC(=O)CN1C[C@@H](O)[C@@H](N(C)CC(=O)O)C1. The Bertz CT molecular complexity index is 432. The van der Waals surface area contributed by atoms with Crippen molar-refractivity contribution in [3.05, 3.63) is 0 Å². The van der Waals surface area contributed by atoms with Gasteiger partial charge in [0.2, 0.25) is 5.91 Å². The molecule has 7 nitrogen and oxygen atoms in total. The molecule has 0 radical (unpaired) electrons. The normalized spacial score (nSPS) is 32.2. The van der Waals surface area contributed by atoms with Crippen LogP contribution in [0.4, 0.5) is 0 Å². The van der Waals surface area contributed by atoms with Gasteiger partial charge in [-0.15, -0.1) is 0 Å². The predicted molar refractivity (Wildman–Crippen MR) is 86.1 cm³/mol. The third kappa shape index (κ3) is 5.16. The number of carbonyl (C=O) groups is 2. The number of β-amino-alcohol motifs (C(OH)–C–C–N with tert-alkyl or cyclic N) is 1. The zero-order valence-electron chi connectivity index (χ0n) is 14.1. The smallest absolute Gasteiger partial charge is 0.317 e. The van der Waals surface area contributed by atoms with Crippen molar-refractivity contribution in [3.8, 4) is 0 Å². The number of aliphatic hydroxyl groups is 1. The number of carboxylic acid groups (broad SMARTS) is 1. The van der Waals surface area contributed by atoms with Crippen LogP contribution in [0.25, 0.3) is 0 Å². The van der Waals surface area contributed by atoms with Gasteiger partial charge in [-0.3, -0.25) is 19.4 Å². The van der Waals surface area contributed by atoms with Crippen LogP contribution in [0.3, 0.4) is 0 Å². The number of nitrogens with zero attached hydrogens (tertiary/aromatic N) is 2. The molecule has 1 heterocycles. The van der Waals surface area contributed by atoms with Crippen molar-refractivity contribution in [1.29, 1.82) is 0 Å². The van der Waals surface area contributed by atoms with Gasteiger partial charge in [0.05, 0.1) is 19.2 Å². The molecule has 132 valence electrons. The summed E-state index contributed by atoms with van der Waals surface area (Å²) in [5.74, 6) is -0.397. The van der Waals surface area contributed by atoms with Crippen LogP contribution in [-0.2, 0) is 9.59 Å². The maximum Gasteiger partial charge on any atom is 0.317 e. The molecule has 0 aromatic rings. The molecule has 0 aromatic carbocycles. The van der Waals surface area contributed by atoms with Gasteiger partial charge in [0.1, 0.15) is 0 Å². The van der Waals surface area contributed by atoms with Crippen LogP contribution < -0.4 is 5.32 Å². The number of aliphatic hydroxyl groups excluding tert-OH is 1. The highest BCUT2D eigenvalue weighted by Gasteiger charge is 2.35. The van der Waals surface area contributed by atoms with Gasteiger partial charge >= 0.3 is 5.97 Å². The third-order valence-electron chi connectivity index (χ3n) is 5.11. The van der Waals surface area contributed by atoms with E-state index in [1.807, 2.05) is 4.90 Å². The Kier molecular flexibility index (Phi) is 6.38. The zero-order valence-corrected chi connectivity index (χ0v) is 14.1. The lowest BCUT2D eigenvalue weighted by Gasteiger charge is -2.30. The lowest BCUT2D eigenvalue weighted by molar-refractivity contribution is -0.138. The number of nitrogens with one attached hydrogen (secondary N) is 1. The number of aliphatic carboxylic acids is 1. The minimum Gasteiger partial charge on any atom is -0.480 e. The molecule has 2 fully saturated rings. The van der Waals surface area contributed by atoms with Crippen molar-refractivity contribution in [3.63, 3.8) is 0 Å². The average molecular weight is 327 g/mol. The summed E-state index contributed by atoms with van der Waals surface area (Å²) in [6.45, 7) is 3.25. The van der Waals surface area contributed by atoms with Gasteiger partial charge < -0.3 is 15.5 Å². The maximum atomic E-state index is 12.2. The second kappa shape index (κ2) is 8.08. The lowest BCUT2D eigenvalue weighted by atomic mass is 9.86. The summed E-state index contributed by atoms with van der Waals surface area (Å²) >= 11 is 0. The fraction of sp³-hybridized carbons (Fsp3) is 0.875. The van der Waals surface area contributed by atoms with E-state index < -0.39 is 12.1 Å². The van der Waals surface area contributed by atoms with Crippen molar-refractivity contribution in [2.24, 2.45) is 5.92 Å². The predicted octanol–water partition coefficient (Wildman–Crippen LogP) is -0.257. The first-order valence-electron chi connectivity index (χ1n) is 8.48. The fourth-order valence-corrected chi connectivity index (χ4v) is 3.73. The number of likely N-dealkylation sites (tertiary alicyclic amines) is 1. The highest BCUT2D eigenvalue weighted by atomic mass is 16.4. The molecule has 1 aliphatic carbocycles. The van der Waals surface area contributed by atoms with E-state index >= 15 is 0 Å². The van der Waals surface area contributed by atoms with E-state index in [0.717, 1.165) is 12.8 Å². The molecule has 1 saturated heterocycles. The highest BCUT2D eigenvalue weighted by Crippen LogP contribution is 2.23. The molecule has 1 amide bonds. The number of hydrogen-bond acceptors (Lipinski definition) is 5. The summed E-state index contributed by atoms with van der Waals surface area (Å²) in [6.07, 6.45) is 3.98. The zero-order chi connectivity index (χ0) is 17.0. The minimum atomic E-state index is -0.915. The van der Waals surface area contributed by atoms with Crippen LogP contribution in [0.1, 0.15) is 32.6 Å². The highest BCUT2D eigenvalue weighted by molar-refractivity contribution is 5.78. The monoisotopic (exact) mass is 327 g/mol. The molecular weight excluding hydrogens is 298 g/mol. The third-order valence-corrected chi connectivity index (χ3v) is 5.11. The number of rotatable bonds is 6. The van der Waals surface area contributed by atoms with E-state index in [0.29, 0.717) is 19.0 Å². The average Bonchev–Trinajstić information content (AvgIpc) is 2.81. The van der Waals surface area contributed by atoms with E-state index in [1.54, 1.807) is 11.9 Å². The molecule has 4 atom stereocenters. The molecule has 2 rings (SSSR count). The first-order valence-corrected chi connectivity index (χ1v) is 8.48. The summed E-state index contributed by atoms with van der Waals surface area (Å²) < 4.78 is 0. The second-order valence-electron chi connectivity index (χ2n) is 7.07. The molecule has 1 saturated carbocycles. The van der Waals surface area contributed by atoms with Gasteiger partial charge in [0.25, 0.3) is 0 Å². The Morgan fingerprint density at radius 3 is 2.61 bits per heavy atom. The summed E-state index contributed by atoms with van der Waals surface area (Å²) in [7, 11) is 1.69. The number of carbonyl (C=O) groups excluding carboxylic acids is 1. The summed E-state index contributed by atoms with van der Waals surface area (Å²) in [4.78, 5) is 26.5. The molecule has 1 aliphatic heterocycles.